The highest BCUT2D eigenvalue weighted by Crippen LogP contribution is 2.35. The second-order valence-electron chi connectivity index (χ2n) is 8.25. The molecule has 2 aromatic rings. The van der Waals surface area contributed by atoms with Crippen LogP contribution >= 0.6 is 0 Å². The smallest absolute Gasteiger partial charge is 0.292 e. The molecular formula is C22H28N4O3. The van der Waals surface area contributed by atoms with Gasteiger partial charge in [-0.15, -0.1) is 0 Å². The van der Waals surface area contributed by atoms with E-state index < -0.39 is 11.0 Å². The lowest BCUT2D eigenvalue weighted by atomic mass is 9.83. The maximum absolute atomic E-state index is 11.1. The molecule has 29 heavy (non-hydrogen) atoms. The van der Waals surface area contributed by atoms with Crippen LogP contribution in [0.3, 0.4) is 0 Å². The highest BCUT2D eigenvalue weighted by Gasteiger charge is 2.35. The zero-order chi connectivity index (χ0) is 20.7. The topological polar surface area (TPSA) is 95.9 Å². The lowest BCUT2D eigenvalue weighted by Gasteiger charge is -2.44. The molecule has 154 valence electrons. The average Bonchev–Trinajstić information content (AvgIpc) is 2.70. The van der Waals surface area contributed by atoms with Crippen molar-refractivity contribution in [3.8, 4) is 0 Å². The highest BCUT2D eigenvalue weighted by atomic mass is 16.6. The number of piperazine rings is 1. The first kappa shape index (κ1) is 19.7. The van der Waals surface area contributed by atoms with Crippen LogP contribution in [0.25, 0.3) is 0 Å². The molecule has 2 unspecified atom stereocenters. The summed E-state index contributed by atoms with van der Waals surface area (Å²) in [4.78, 5) is 15.5. The third-order valence-corrected chi connectivity index (χ3v) is 6.40. The number of nitrogens with zero attached hydrogens (tertiary/aromatic N) is 3. The van der Waals surface area contributed by atoms with Crippen molar-refractivity contribution < 1.29 is 10.0 Å². The van der Waals surface area contributed by atoms with E-state index in [0.717, 1.165) is 37.3 Å². The molecule has 0 radical (unpaired) electrons. The van der Waals surface area contributed by atoms with Crippen LogP contribution in [0.1, 0.15) is 22.3 Å². The Balaban J connectivity index is 1.48. The standard InChI is InChI=1S/C22H28N4O3/c1-14-3-4-15(2)19(11-14)24-7-9-25(10-8-24)20-12-16-5-6-18(26(28)29)22(23)17(16)13-21(20)27/h3-6,11,20-21,27H,7-10,12-13,23H2,1-2H3. The van der Waals surface area contributed by atoms with Gasteiger partial charge in [-0.2, -0.15) is 0 Å². The van der Waals surface area contributed by atoms with E-state index in [2.05, 4.69) is 41.8 Å². The Hall–Kier alpha value is -2.64. The summed E-state index contributed by atoms with van der Waals surface area (Å²) >= 11 is 0. The van der Waals surface area contributed by atoms with Crippen molar-refractivity contribution in [3.63, 3.8) is 0 Å². The number of nitrogen functional groups attached to an aromatic ring is 1. The van der Waals surface area contributed by atoms with Crippen molar-refractivity contribution in [1.29, 1.82) is 0 Å². The van der Waals surface area contributed by atoms with Gasteiger partial charge in [-0.1, -0.05) is 18.2 Å². The molecule has 1 fully saturated rings. The molecule has 0 saturated carbocycles. The van der Waals surface area contributed by atoms with Gasteiger partial charge in [0.25, 0.3) is 5.69 Å². The molecule has 3 N–H and O–H groups in total. The van der Waals surface area contributed by atoms with Crippen LogP contribution in [0.2, 0.25) is 0 Å². The van der Waals surface area contributed by atoms with Crippen LogP contribution < -0.4 is 10.6 Å². The van der Waals surface area contributed by atoms with E-state index in [1.54, 1.807) is 6.07 Å². The third kappa shape index (κ3) is 3.68. The first-order chi connectivity index (χ1) is 13.8. The summed E-state index contributed by atoms with van der Waals surface area (Å²) in [5.74, 6) is 0. The number of benzene rings is 2. The van der Waals surface area contributed by atoms with Crippen LogP contribution in [0, 0.1) is 24.0 Å². The fourth-order valence-corrected chi connectivity index (χ4v) is 4.72. The Morgan fingerprint density at radius 3 is 2.52 bits per heavy atom. The second-order valence-corrected chi connectivity index (χ2v) is 8.25. The molecule has 4 rings (SSSR count). The largest absolute Gasteiger partial charge is 0.393 e. The maximum atomic E-state index is 11.1. The predicted molar refractivity (Wildman–Crippen MR) is 114 cm³/mol. The Kier molecular flexibility index (Phi) is 5.19. The molecule has 1 aliphatic heterocycles. The van der Waals surface area contributed by atoms with Gasteiger partial charge >= 0.3 is 0 Å². The Morgan fingerprint density at radius 2 is 1.83 bits per heavy atom. The van der Waals surface area contributed by atoms with E-state index in [9.17, 15) is 15.2 Å². The van der Waals surface area contributed by atoms with Crippen LogP contribution in [-0.4, -0.2) is 53.3 Å². The van der Waals surface area contributed by atoms with Gasteiger partial charge in [-0.3, -0.25) is 15.0 Å². The molecule has 7 nitrogen and oxygen atoms in total. The minimum Gasteiger partial charge on any atom is -0.393 e. The van der Waals surface area contributed by atoms with Crippen molar-refractivity contribution in [1.82, 2.24) is 4.90 Å². The molecule has 2 aromatic carbocycles. The zero-order valence-electron chi connectivity index (χ0n) is 17.0. The number of anilines is 2. The highest BCUT2D eigenvalue weighted by molar-refractivity contribution is 5.66. The summed E-state index contributed by atoms with van der Waals surface area (Å²) in [6.07, 6.45) is 0.464. The number of fused-ring (bicyclic) bond motifs is 1. The van der Waals surface area contributed by atoms with Crippen molar-refractivity contribution in [3.05, 3.63) is 62.7 Å². The zero-order valence-corrected chi connectivity index (χ0v) is 17.0. The number of aryl methyl sites for hydroxylation is 2. The van der Waals surface area contributed by atoms with Crippen LogP contribution in [0.5, 0.6) is 0 Å². The number of nitro groups is 1. The fourth-order valence-electron chi connectivity index (χ4n) is 4.72. The molecular weight excluding hydrogens is 368 g/mol. The molecule has 2 aliphatic rings. The molecule has 1 heterocycles. The quantitative estimate of drug-likeness (QED) is 0.470. The summed E-state index contributed by atoms with van der Waals surface area (Å²) in [5, 5.41) is 21.9. The van der Waals surface area contributed by atoms with E-state index in [1.807, 2.05) is 0 Å². The molecule has 1 saturated heterocycles. The summed E-state index contributed by atoms with van der Waals surface area (Å²) in [6.45, 7) is 7.86. The molecule has 0 spiro atoms. The molecule has 1 aliphatic carbocycles. The summed E-state index contributed by atoms with van der Waals surface area (Å²) in [6, 6.07) is 9.86. The maximum Gasteiger partial charge on any atom is 0.292 e. The lowest BCUT2D eigenvalue weighted by Crippen LogP contribution is -2.56. The molecule has 2 atom stereocenters. The fraction of sp³-hybridized carbons (Fsp3) is 0.455. The number of hydrogen-bond donors (Lipinski definition) is 2. The molecule has 7 heteroatoms. The minimum atomic E-state index is -0.570. The first-order valence-electron chi connectivity index (χ1n) is 10.1. The number of nitrogens with two attached hydrogens (primary N) is 1. The van der Waals surface area contributed by atoms with Gasteiger partial charge in [0.2, 0.25) is 0 Å². The van der Waals surface area contributed by atoms with Gasteiger partial charge < -0.3 is 15.7 Å². The van der Waals surface area contributed by atoms with E-state index >= 15 is 0 Å². The van der Waals surface area contributed by atoms with Gasteiger partial charge in [0, 0.05) is 50.4 Å². The predicted octanol–water partition coefficient (Wildman–Crippen LogP) is 2.44. The van der Waals surface area contributed by atoms with Crippen molar-refractivity contribution in [2.45, 2.75) is 38.8 Å². The molecule has 0 aromatic heterocycles. The van der Waals surface area contributed by atoms with Gasteiger partial charge in [0.05, 0.1) is 11.0 Å². The normalized spacial score (nSPS) is 22.4. The van der Waals surface area contributed by atoms with Gasteiger partial charge in [-0.25, -0.2) is 0 Å². The monoisotopic (exact) mass is 396 g/mol. The van der Waals surface area contributed by atoms with Crippen LogP contribution in [0.4, 0.5) is 17.1 Å². The van der Waals surface area contributed by atoms with Crippen molar-refractivity contribution >= 4 is 17.1 Å². The average molecular weight is 396 g/mol. The molecule has 0 bridgehead atoms. The minimum absolute atomic E-state index is 0.0177. The number of rotatable bonds is 3. The van der Waals surface area contributed by atoms with E-state index in [1.165, 1.54) is 22.9 Å². The van der Waals surface area contributed by atoms with Gasteiger partial charge in [-0.05, 0) is 48.6 Å². The third-order valence-electron chi connectivity index (χ3n) is 6.40. The first-order valence-corrected chi connectivity index (χ1v) is 10.1. The molecule has 0 amide bonds. The number of aliphatic hydroxyl groups excluding tert-OH is 1. The van der Waals surface area contributed by atoms with Gasteiger partial charge in [0.15, 0.2) is 0 Å². The summed E-state index contributed by atoms with van der Waals surface area (Å²) in [5.41, 5.74) is 11.7. The Labute approximate surface area is 170 Å². The Bertz CT molecular complexity index is 938. The summed E-state index contributed by atoms with van der Waals surface area (Å²) < 4.78 is 0. The SMILES string of the molecule is Cc1ccc(C)c(N2CCN(C3Cc4ccc([N+](=O)[O-])c(N)c4CC3O)CC2)c1. The van der Waals surface area contributed by atoms with Crippen molar-refractivity contribution in [2.24, 2.45) is 0 Å². The number of nitro benzene ring substituents is 1. The summed E-state index contributed by atoms with van der Waals surface area (Å²) in [7, 11) is 0. The van der Waals surface area contributed by atoms with Crippen LogP contribution in [-0.2, 0) is 12.8 Å². The second kappa shape index (κ2) is 7.65. The Morgan fingerprint density at radius 1 is 1.10 bits per heavy atom. The lowest BCUT2D eigenvalue weighted by molar-refractivity contribution is -0.384. The van der Waals surface area contributed by atoms with Crippen molar-refractivity contribution in [2.75, 3.05) is 36.8 Å². The number of hydrogen-bond acceptors (Lipinski definition) is 6. The van der Waals surface area contributed by atoms with Crippen LogP contribution in [0.15, 0.2) is 30.3 Å². The number of aliphatic hydroxyl groups is 1. The van der Waals surface area contributed by atoms with E-state index in [-0.39, 0.29) is 17.4 Å². The van der Waals surface area contributed by atoms with E-state index in [0.29, 0.717) is 12.8 Å². The van der Waals surface area contributed by atoms with Gasteiger partial charge in [0.1, 0.15) is 5.69 Å². The van der Waals surface area contributed by atoms with E-state index in [4.69, 9.17) is 5.73 Å².